The van der Waals surface area contributed by atoms with Crippen molar-refractivity contribution in [1.29, 1.82) is 0 Å². The van der Waals surface area contributed by atoms with E-state index in [0.29, 0.717) is 23.7 Å². The van der Waals surface area contributed by atoms with Gasteiger partial charge in [0.25, 0.3) is 0 Å². The van der Waals surface area contributed by atoms with Gasteiger partial charge in [0.2, 0.25) is 5.95 Å². The molecule has 0 saturated heterocycles. The molecule has 0 aromatic carbocycles. The Bertz CT molecular complexity index is 410. The zero-order chi connectivity index (χ0) is 13.1. The highest BCUT2D eigenvalue weighted by Gasteiger charge is 2.26. The third kappa shape index (κ3) is 2.89. The lowest BCUT2D eigenvalue weighted by molar-refractivity contribution is 0.275. The highest BCUT2D eigenvalue weighted by Crippen LogP contribution is 2.30. The predicted molar refractivity (Wildman–Crippen MR) is 71.1 cm³/mol. The van der Waals surface area contributed by atoms with Gasteiger partial charge in [-0.1, -0.05) is 13.8 Å². The molecular weight excluding hydrogens is 231 g/mol. The van der Waals surface area contributed by atoms with Crippen LogP contribution in [0.15, 0.2) is 6.20 Å². The molecule has 1 aliphatic rings. The van der Waals surface area contributed by atoms with Gasteiger partial charge in [-0.2, -0.15) is 4.98 Å². The number of hydrogen-bond acceptors (Lipinski definition) is 4. The Labute approximate surface area is 107 Å². The van der Waals surface area contributed by atoms with Crippen LogP contribution in [-0.2, 0) is 0 Å². The van der Waals surface area contributed by atoms with Gasteiger partial charge in [0.1, 0.15) is 0 Å². The quantitative estimate of drug-likeness (QED) is 0.868. The number of aromatic nitrogens is 2. The van der Waals surface area contributed by atoms with E-state index in [2.05, 4.69) is 34.4 Å². The standard InChI is InChI=1S/C13H21FN4/c1-8-4-5-11(9(2)6-8)17-12-10(14)7-16-13(15-3)18-12/h7-9,11H,4-6H2,1-3H3,(H2,15,16,17,18). The molecule has 0 bridgehead atoms. The lowest BCUT2D eigenvalue weighted by Gasteiger charge is -2.33. The Kier molecular flexibility index (Phi) is 3.99. The van der Waals surface area contributed by atoms with Gasteiger partial charge in [-0.25, -0.2) is 9.37 Å². The summed E-state index contributed by atoms with van der Waals surface area (Å²) in [7, 11) is 1.72. The molecule has 0 amide bonds. The van der Waals surface area contributed by atoms with E-state index in [-0.39, 0.29) is 5.82 Å². The molecule has 1 aromatic rings. The predicted octanol–water partition coefficient (Wildman–Crippen LogP) is 2.89. The van der Waals surface area contributed by atoms with Crippen LogP contribution in [0.5, 0.6) is 0 Å². The lowest BCUT2D eigenvalue weighted by Crippen LogP contribution is -2.33. The zero-order valence-corrected chi connectivity index (χ0v) is 11.2. The largest absolute Gasteiger partial charge is 0.364 e. The monoisotopic (exact) mass is 252 g/mol. The van der Waals surface area contributed by atoms with E-state index in [1.54, 1.807) is 7.05 Å². The fourth-order valence-corrected chi connectivity index (χ4v) is 2.64. The minimum Gasteiger partial charge on any atom is -0.364 e. The normalized spacial score (nSPS) is 27.9. The molecule has 1 aliphatic carbocycles. The van der Waals surface area contributed by atoms with Crippen LogP contribution in [0.2, 0.25) is 0 Å². The SMILES string of the molecule is CNc1ncc(F)c(NC2CCC(C)CC2C)n1. The van der Waals surface area contributed by atoms with Crippen molar-refractivity contribution < 1.29 is 4.39 Å². The second kappa shape index (κ2) is 5.50. The number of nitrogens with one attached hydrogen (secondary N) is 2. The van der Waals surface area contributed by atoms with Crippen LogP contribution in [-0.4, -0.2) is 23.1 Å². The maximum Gasteiger partial charge on any atom is 0.224 e. The van der Waals surface area contributed by atoms with Gasteiger partial charge >= 0.3 is 0 Å². The summed E-state index contributed by atoms with van der Waals surface area (Å²) in [4.78, 5) is 7.97. The summed E-state index contributed by atoms with van der Waals surface area (Å²) in [5.41, 5.74) is 0. The van der Waals surface area contributed by atoms with Crippen LogP contribution in [0.3, 0.4) is 0 Å². The lowest BCUT2D eigenvalue weighted by atomic mass is 9.80. The first-order valence-electron chi connectivity index (χ1n) is 6.57. The van der Waals surface area contributed by atoms with E-state index in [1.807, 2.05) is 0 Å². The zero-order valence-electron chi connectivity index (χ0n) is 11.2. The van der Waals surface area contributed by atoms with E-state index >= 15 is 0 Å². The number of hydrogen-bond donors (Lipinski definition) is 2. The summed E-state index contributed by atoms with van der Waals surface area (Å²) in [6.45, 7) is 4.49. The fourth-order valence-electron chi connectivity index (χ4n) is 2.64. The Hall–Kier alpha value is -1.39. The molecule has 3 atom stereocenters. The molecule has 0 radical (unpaired) electrons. The van der Waals surface area contributed by atoms with Gasteiger partial charge in [0.15, 0.2) is 11.6 Å². The molecule has 0 aliphatic heterocycles. The molecule has 2 rings (SSSR count). The number of rotatable bonds is 3. The molecule has 1 fully saturated rings. The fraction of sp³-hybridized carbons (Fsp3) is 0.692. The first kappa shape index (κ1) is 13.1. The van der Waals surface area contributed by atoms with E-state index in [1.165, 1.54) is 19.0 Å². The van der Waals surface area contributed by atoms with Crippen LogP contribution < -0.4 is 10.6 Å². The smallest absolute Gasteiger partial charge is 0.224 e. The molecular formula is C13H21FN4. The van der Waals surface area contributed by atoms with Crippen LogP contribution in [0.1, 0.15) is 33.1 Å². The molecule has 4 nitrogen and oxygen atoms in total. The van der Waals surface area contributed by atoms with Crippen LogP contribution >= 0.6 is 0 Å². The average molecular weight is 252 g/mol. The third-order valence-corrected chi connectivity index (χ3v) is 3.72. The minimum absolute atomic E-state index is 0.301. The summed E-state index contributed by atoms with van der Waals surface area (Å²) in [6, 6.07) is 0.301. The minimum atomic E-state index is -0.389. The van der Waals surface area contributed by atoms with Gasteiger partial charge in [-0.3, -0.25) is 0 Å². The highest BCUT2D eigenvalue weighted by atomic mass is 19.1. The van der Waals surface area contributed by atoms with Crippen molar-refractivity contribution in [1.82, 2.24) is 9.97 Å². The van der Waals surface area contributed by atoms with Crippen molar-refractivity contribution in [3.63, 3.8) is 0 Å². The van der Waals surface area contributed by atoms with E-state index in [4.69, 9.17) is 0 Å². The van der Waals surface area contributed by atoms with Gasteiger partial charge < -0.3 is 10.6 Å². The maximum atomic E-state index is 13.6. The van der Waals surface area contributed by atoms with Crippen LogP contribution in [0.25, 0.3) is 0 Å². The summed E-state index contributed by atoms with van der Waals surface area (Å²) in [6.07, 6.45) is 4.65. The topological polar surface area (TPSA) is 49.8 Å². The first-order chi connectivity index (χ1) is 8.60. The Morgan fingerprint density at radius 2 is 2.11 bits per heavy atom. The van der Waals surface area contributed by atoms with Crippen molar-refractivity contribution in [2.24, 2.45) is 11.8 Å². The Balaban J connectivity index is 2.08. The van der Waals surface area contributed by atoms with Crippen molar-refractivity contribution >= 4 is 11.8 Å². The third-order valence-electron chi connectivity index (χ3n) is 3.72. The second-order valence-electron chi connectivity index (χ2n) is 5.29. The van der Waals surface area contributed by atoms with Gasteiger partial charge in [0.05, 0.1) is 6.20 Å². The van der Waals surface area contributed by atoms with Crippen molar-refractivity contribution in [3.8, 4) is 0 Å². The van der Waals surface area contributed by atoms with Crippen LogP contribution in [0, 0.1) is 17.7 Å². The summed E-state index contributed by atoms with van der Waals surface area (Å²) < 4.78 is 13.6. The molecule has 2 N–H and O–H groups in total. The van der Waals surface area contributed by atoms with Crippen molar-refractivity contribution in [3.05, 3.63) is 12.0 Å². The maximum absolute atomic E-state index is 13.6. The molecule has 1 aromatic heterocycles. The van der Waals surface area contributed by atoms with Crippen molar-refractivity contribution in [2.45, 2.75) is 39.2 Å². The van der Waals surface area contributed by atoms with E-state index in [9.17, 15) is 4.39 Å². The van der Waals surface area contributed by atoms with Gasteiger partial charge in [-0.15, -0.1) is 0 Å². The Morgan fingerprint density at radius 3 is 2.78 bits per heavy atom. The highest BCUT2D eigenvalue weighted by molar-refractivity contribution is 5.41. The Morgan fingerprint density at radius 1 is 1.33 bits per heavy atom. The molecule has 18 heavy (non-hydrogen) atoms. The number of anilines is 2. The second-order valence-corrected chi connectivity index (χ2v) is 5.29. The summed E-state index contributed by atoms with van der Waals surface area (Å²) >= 11 is 0. The van der Waals surface area contributed by atoms with Crippen molar-refractivity contribution in [2.75, 3.05) is 17.7 Å². The van der Waals surface area contributed by atoms with Gasteiger partial charge in [0, 0.05) is 13.1 Å². The molecule has 5 heteroatoms. The molecule has 0 spiro atoms. The van der Waals surface area contributed by atoms with Crippen LogP contribution in [0.4, 0.5) is 16.2 Å². The molecule has 1 saturated carbocycles. The van der Waals surface area contributed by atoms with Gasteiger partial charge in [-0.05, 0) is 31.1 Å². The molecule has 100 valence electrons. The molecule has 3 unspecified atom stereocenters. The number of nitrogens with zero attached hydrogens (tertiary/aromatic N) is 2. The van der Waals surface area contributed by atoms with E-state index in [0.717, 1.165) is 12.3 Å². The summed E-state index contributed by atoms with van der Waals surface area (Å²) in [5, 5.41) is 6.05. The molecule has 1 heterocycles. The number of halogens is 1. The first-order valence-corrected chi connectivity index (χ1v) is 6.57. The summed E-state index contributed by atoms with van der Waals surface area (Å²) in [5.74, 6) is 1.67. The average Bonchev–Trinajstić information content (AvgIpc) is 2.35. The van der Waals surface area contributed by atoms with E-state index < -0.39 is 0 Å².